The molecule has 3 rings (SSSR count). The average molecular weight is 371 g/mol. The van der Waals surface area contributed by atoms with Crippen LogP contribution < -0.4 is 15.4 Å². The number of benzene rings is 2. The number of nitrogens with one attached hydrogen (secondary N) is 2. The predicted octanol–water partition coefficient (Wildman–Crippen LogP) is 3.33. The van der Waals surface area contributed by atoms with E-state index >= 15 is 0 Å². The lowest BCUT2D eigenvalue weighted by atomic mass is 9.95. The summed E-state index contributed by atoms with van der Waals surface area (Å²) in [5.74, 6) is 1.07. The second kappa shape index (κ2) is 8.29. The van der Waals surface area contributed by atoms with Gasteiger partial charge in [0.25, 0.3) is 0 Å². The summed E-state index contributed by atoms with van der Waals surface area (Å²) in [7, 11) is 1.52. The van der Waals surface area contributed by atoms with E-state index in [9.17, 15) is 9.50 Å². The minimum Gasteiger partial charge on any atom is -0.504 e. The maximum Gasteiger partial charge on any atom is 0.191 e. The third-order valence-corrected chi connectivity index (χ3v) is 4.90. The summed E-state index contributed by atoms with van der Waals surface area (Å²) in [6.07, 6.45) is 1.93. The molecule has 5 nitrogen and oxygen atoms in total. The molecule has 0 heterocycles. The van der Waals surface area contributed by atoms with Gasteiger partial charge >= 0.3 is 0 Å². The fourth-order valence-corrected chi connectivity index (χ4v) is 3.18. The van der Waals surface area contributed by atoms with Gasteiger partial charge in [0.15, 0.2) is 17.5 Å². The number of ether oxygens (including phenoxy) is 1. The molecule has 3 N–H and O–H groups in total. The van der Waals surface area contributed by atoms with Crippen LogP contribution in [0.15, 0.2) is 47.5 Å². The summed E-state index contributed by atoms with van der Waals surface area (Å²) in [4.78, 5) is 4.58. The fourth-order valence-electron chi connectivity index (χ4n) is 3.18. The number of hydrogen-bond donors (Lipinski definition) is 3. The van der Waals surface area contributed by atoms with E-state index in [-0.39, 0.29) is 17.0 Å². The second-order valence-corrected chi connectivity index (χ2v) is 6.82. The van der Waals surface area contributed by atoms with Crippen LogP contribution in [-0.2, 0) is 12.0 Å². The minimum absolute atomic E-state index is 0.0969. The van der Waals surface area contributed by atoms with Crippen LogP contribution in [0.4, 0.5) is 4.39 Å². The summed E-state index contributed by atoms with van der Waals surface area (Å²) in [6, 6.07) is 12.2. The van der Waals surface area contributed by atoms with Gasteiger partial charge in [0.05, 0.1) is 13.7 Å². The van der Waals surface area contributed by atoms with Crippen LogP contribution in [0.25, 0.3) is 0 Å². The number of halogens is 1. The summed E-state index contributed by atoms with van der Waals surface area (Å²) in [6.45, 7) is 3.78. The van der Waals surface area contributed by atoms with Gasteiger partial charge in [-0.1, -0.05) is 24.3 Å². The normalized spacial score (nSPS) is 15.3. The van der Waals surface area contributed by atoms with Gasteiger partial charge in [-0.25, -0.2) is 9.38 Å². The molecule has 0 radical (unpaired) electrons. The van der Waals surface area contributed by atoms with E-state index in [1.807, 2.05) is 25.1 Å². The highest BCUT2D eigenvalue weighted by atomic mass is 19.1. The van der Waals surface area contributed by atoms with Gasteiger partial charge in [-0.3, -0.25) is 0 Å². The highest BCUT2D eigenvalue weighted by Crippen LogP contribution is 2.48. The van der Waals surface area contributed by atoms with Gasteiger partial charge in [0, 0.05) is 18.5 Å². The molecular formula is C21H26FN3O2. The molecule has 2 aromatic rings. The van der Waals surface area contributed by atoms with Crippen LogP contribution in [0.3, 0.4) is 0 Å². The molecule has 1 fully saturated rings. The molecule has 144 valence electrons. The first-order valence-electron chi connectivity index (χ1n) is 9.21. The number of phenols is 1. The van der Waals surface area contributed by atoms with Crippen molar-refractivity contribution in [2.24, 2.45) is 4.99 Å². The van der Waals surface area contributed by atoms with Gasteiger partial charge in [-0.15, -0.1) is 0 Å². The molecule has 0 amide bonds. The van der Waals surface area contributed by atoms with Crippen molar-refractivity contribution in [3.8, 4) is 11.5 Å². The molecule has 0 aliphatic heterocycles. The van der Waals surface area contributed by atoms with Crippen molar-refractivity contribution in [3.05, 3.63) is 59.4 Å². The molecule has 0 unspecified atom stereocenters. The average Bonchev–Trinajstić information content (AvgIpc) is 3.45. The smallest absolute Gasteiger partial charge is 0.191 e. The Morgan fingerprint density at radius 2 is 2.00 bits per heavy atom. The van der Waals surface area contributed by atoms with E-state index in [0.717, 1.165) is 30.5 Å². The summed E-state index contributed by atoms with van der Waals surface area (Å²) >= 11 is 0. The molecule has 0 saturated heterocycles. The SMILES string of the molecule is CCNC(=NCc1ccc(OC)c(O)c1)NCC1(c2ccccc2F)CC1. The molecule has 0 spiro atoms. The largest absolute Gasteiger partial charge is 0.504 e. The van der Waals surface area contributed by atoms with Gasteiger partial charge in [0.2, 0.25) is 0 Å². The molecule has 0 bridgehead atoms. The van der Waals surface area contributed by atoms with Crippen molar-refractivity contribution in [3.63, 3.8) is 0 Å². The van der Waals surface area contributed by atoms with E-state index in [1.54, 1.807) is 18.2 Å². The van der Waals surface area contributed by atoms with Crippen LogP contribution >= 0.6 is 0 Å². The molecule has 27 heavy (non-hydrogen) atoms. The zero-order valence-electron chi connectivity index (χ0n) is 15.8. The van der Waals surface area contributed by atoms with Crippen LogP contribution in [0.5, 0.6) is 11.5 Å². The molecule has 1 aliphatic carbocycles. The van der Waals surface area contributed by atoms with E-state index < -0.39 is 0 Å². The van der Waals surface area contributed by atoms with Crippen LogP contribution in [-0.4, -0.2) is 31.3 Å². The van der Waals surface area contributed by atoms with Gasteiger partial charge < -0.3 is 20.5 Å². The molecule has 2 aromatic carbocycles. The number of aromatic hydroxyl groups is 1. The van der Waals surface area contributed by atoms with E-state index in [4.69, 9.17) is 4.74 Å². The molecule has 1 saturated carbocycles. The van der Waals surface area contributed by atoms with Crippen molar-refractivity contribution >= 4 is 5.96 Å². The quantitative estimate of drug-likeness (QED) is 0.516. The highest BCUT2D eigenvalue weighted by Gasteiger charge is 2.45. The summed E-state index contributed by atoms with van der Waals surface area (Å²) in [5, 5.41) is 16.4. The van der Waals surface area contributed by atoms with Gasteiger partial charge in [-0.05, 0) is 49.1 Å². The zero-order valence-corrected chi connectivity index (χ0v) is 15.8. The number of phenolic OH excluding ortho intramolecular Hbond substituents is 1. The van der Waals surface area contributed by atoms with Crippen molar-refractivity contribution in [1.82, 2.24) is 10.6 Å². The second-order valence-electron chi connectivity index (χ2n) is 6.82. The lowest BCUT2D eigenvalue weighted by Gasteiger charge is -2.19. The van der Waals surface area contributed by atoms with Crippen molar-refractivity contribution in [2.45, 2.75) is 31.7 Å². The van der Waals surface area contributed by atoms with Crippen LogP contribution in [0.1, 0.15) is 30.9 Å². The Morgan fingerprint density at radius 3 is 2.63 bits per heavy atom. The first-order valence-corrected chi connectivity index (χ1v) is 9.21. The molecule has 1 aliphatic rings. The minimum atomic E-state index is -0.153. The molecule has 0 aromatic heterocycles. The Balaban J connectivity index is 1.66. The number of hydrogen-bond acceptors (Lipinski definition) is 3. The molecule has 6 heteroatoms. The standard InChI is InChI=1S/C21H26FN3O2/c1-3-23-20(24-13-15-8-9-19(27-2)18(26)12-15)25-14-21(10-11-21)16-6-4-5-7-17(16)22/h4-9,12,26H,3,10-11,13-14H2,1-2H3,(H2,23,24,25). The Labute approximate surface area is 159 Å². The topological polar surface area (TPSA) is 65.9 Å². The molecular weight excluding hydrogens is 345 g/mol. The number of guanidine groups is 1. The van der Waals surface area contributed by atoms with E-state index in [0.29, 0.717) is 24.8 Å². The van der Waals surface area contributed by atoms with E-state index in [1.165, 1.54) is 13.2 Å². The Kier molecular flexibility index (Phi) is 5.84. The number of rotatable bonds is 7. The van der Waals surface area contributed by atoms with E-state index in [2.05, 4.69) is 15.6 Å². The predicted molar refractivity (Wildman–Crippen MR) is 105 cm³/mol. The molecule has 0 atom stereocenters. The monoisotopic (exact) mass is 371 g/mol. The van der Waals surface area contributed by atoms with Crippen molar-refractivity contribution in [2.75, 3.05) is 20.2 Å². The van der Waals surface area contributed by atoms with Crippen molar-refractivity contribution in [1.29, 1.82) is 0 Å². The van der Waals surface area contributed by atoms with Crippen LogP contribution in [0, 0.1) is 5.82 Å². The number of nitrogens with zero attached hydrogens (tertiary/aromatic N) is 1. The Hall–Kier alpha value is -2.76. The third kappa shape index (κ3) is 4.51. The Bertz CT molecular complexity index is 819. The van der Waals surface area contributed by atoms with Crippen LogP contribution in [0.2, 0.25) is 0 Å². The third-order valence-electron chi connectivity index (χ3n) is 4.90. The zero-order chi connectivity index (χ0) is 19.3. The number of aliphatic imine (C=N–C) groups is 1. The van der Waals surface area contributed by atoms with Gasteiger partial charge in [0.1, 0.15) is 5.82 Å². The number of methoxy groups -OCH3 is 1. The highest BCUT2D eigenvalue weighted by molar-refractivity contribution is 5.80. The maximum atomic E-state index is 14.2. The summed E-state index contributed by atoms with van der Waals surface area (Å²) < 4.78 is 19.2. The lowest BCUT2D eigenvalue weighted by Crippen LogP contribution is -2.41. The fraction of sp³-hybridized carbons (Fsp3) is 0.381. The first kappa shape index (κ1) is 19.0. The van der Waals surface area contributed by atoms with Gasteiger partial charge in [-0.2, -0.15) is 0 Å². The van der Waals surface area contributed by atoms with Crippen molar-refractivity contribution < 1.29 is 14.2 Å². The lowest BCUT2D eigenvalue weighted by molar-refractivity contribution is 0.373. The maximum absolute atomic E-state index is 14.2. The first-order chi connectivity index (χ1) is 13.1. The Morgan fingerprint density at radius 1 is 1.22 bits per heavy atom. The summed E-state index contributed by atoms with van der Waals surface area (Å²) in [5.41, 5.74) is 1.49.